The zero-order valence-corrected chi connectivity index (χ0v) is 8.98. The number of ketones is 1. The van der Waals surface area contributed by atoms with E-state index in [0.29, 0.717) is 15.9 Å². The minimum atomic E-state index is -0.147. The fourth-order valence-electron chi connectivity index (χ4n) is 1.13. The monoisotopic (exact) mass is 254 g/mol. The molecular formula is C9H7BrN2O2. The van der Waals surface area contributed by atoms with Crippen LogP contribution in [0.2, 0.25) is 0 Å². The molecule has 0 aromatic carbocycles. The molecule has 0 aliphatic heterocycles. The van der Waals surface area contributed by atoms with Crippen LogP contribution in [0.3, 0.4) is 0 Å². The highest BCUT2D eigenvalue weighted by atomic mass is 79.9. The summed E-state index contributed by atoms with van der Waals surface area (Å²) in [4.78, 5) is 11.8. The van der Waals surface area contributed by atoms with Crippen molar-refractivity contribution < 1.29 is 9.21 Å². The standard InChI is InChI=1S/C9H7BrN2O2/c1-12-4-2-7(11-12)8(13)6-3-5-14-9(6)10/h2-5H,1H3. The predicted molar refractivity (Wildman–Crippen MR) is 53.0 cm³/mol. The molecule has 0 N–H and O–H groups in total. The van der Waals surface area contributed by atoms with E-state index in [-0.39, 0.29) is 5.78 Å². The lowest BCUT2D eigenvalue weighted by molar-refractivity contribution is 0.103. The van der Waals surface area contributed by atoms with Crippen LogP contribution in [0.1, 0.15) is 16.1 Å². The average Bonchev–Trinajstić information content (AvgIpc) is 2.73. The first-order chi connectivity index (χ1) is 6.68. The summed E-state index contributed by atoms with van der Waals surface area (Å²) in [6.45, 7) is 0. The molecule has 0 radical (unpaired) electrons. The highest BCUT2D eigenvalue weighted by Crippen LogP contribution is 2.20. The number of furan rings is 1. The van der Waals surface area contributed by atoms with E-state index in [1.54, 1.807) is 30.1 Å². The molecule has 2 aromatic heterocycles. The second-order valence-electron chi connectivity index (χ2n) is 2.81. The fourth-order valence-corrected chi connectivity index (χ4v) is 1.55. The molecule has 0 atom stereocenters. The van der Waals surface area contributed by atoms with Crippen molar-refractivity contribution in [3.63, 3.8) is 0 Å². The number of hydrogen-bond donors (Lipinski definition) is 0. The first-order valence-electron chi connectivity index (χ1n) is 3.96. The largest absolute Gasteiger partial charge is 0.457 e. The Morgan fingerprint density at radius 2 is 2.36 bits per heavy atom. The zero-order chi connectivity index (χ0) is 10.1. The van der Waals surface area contributed by atoms with Gasteiger partial charge in [0.1, 0.15) is 5.69 Å². The number of rotatable bonds is 2. The number of aromatic nitrogens is 2. The molecule has 5 heteroatoms. The van der Waals surface area contributed by atoms with Crippen molar-refractivity contribution in [2.75, 3.05) is 0 Å². The maximum atomic E-state index is 11.8. The van der Waals surface area contributed by atoms with Crippen molar-refractivity contribution in [1.29, 1.82) is 0 Å². The number of aryl methyl sites for hydroxylation is 1. The second-order valence-corrected chi connectivity index (χ2v) is 3.53. The van der Waals surface area contributed by atoms with Gasteiger partial charge in [-0.05, 0) is 28.1 Å². The van der Waals surface area contributed by atoms with Gasteiger partial charge in [0.05, 0.1) is 11.8 Å². The third-order valence-corrected chi connectivity index (χ3v) is 2.42. The maximum absolute atomic E-state index is 11.8. The summed E-state index contributed by atoms with van der Waals surface area (Å²) in [6.07, 6.45) is 3.18. The SMILES string of the molecule is Cn1ccc(C(=O)c2ccoc2Br)n1. The van der Waals surface area contributed by atoms with Gasteiger partial charge in [0.25, 0.3) is 0 Å². The van der Waals surface area contributed by atoms with E-state index >= 15 is 0 Å². The Morgan fingerprint density at radius 1 is 1.57 bits per heavy atom. The quantitative estimate of drug-likeness (QED) is 0.771. The van der Waals surface area contributed by atoms with Gasteiger partial charge in [0, 0.05) is 13.2 Å². The number of carbonyl (C=O) groups excluding carboxylic acids is 1. The summed E-state index contributed by atoms with van der Waals surface area (Å²) < 4.78 is 7.00. The third kappa shape index (κ3) is 1.50. The minimum absolute atomic E-state index is 0.147. The van der Waals surface area contributed by atoms with Crippen LogP contribution in [0.25, 0.3) is 0 Å². The van der Waals surface area contributed by atoms with Crippen molar-refractivity contribution in [2.24, 2.45) is 7.05 Å². The van der Waals surface area contributed by atoms with Crippen LogP contribution in [-0.2, 0) is 7.05 Å². The van der Waals surface area contributed by atoms with E-state index in [4.69, 9.17) is 4.42 Å². The van der Waals surface area contributed by atoms with Crippen LogP contribution in [0.5, 0.6) is 0 Å². The van der Waals surface area contributed by atoms with Gasteiger partial charge in [-0.15, -0.1) is 0 Å². The molecular weight excluding hydrogens is 248 g/mol. The van der Waals surface area contributed by atoms with E-state index in [9.17, 15) is 4.79 Å². The molecule has 4 nitrogen and oxygen atoms in total. The molecule has 2 heterocycles. The molecule has 0 spiro atoms. The molecule has 0 saturated heterocycles. The van der Waals surface area contributed by atoms with Crippen LogP contribution in [0.4, 0.5) is 0 Å². The number of hydrogen-bond acceptors (Lipinski definition) is 3. The Balaban J connectivity index is 2.38. The summed E-state index contributed by atoms with van der Waals surface area (Å²) in [5, 5.41) is 4.01. The van der Waals surface area contributed by atoms with Crippen molar-refractivity contribution in [2.45, 2.75) is 0 Å². The van der Waals surface area contributed by atoms with Crippen molar-refractivity contribution in [1.82, 2.24) is 9.78 Å². The summed E-state index contributed by atoms with van der Waals surface area (Å²) in [5.41, 5.74) is 0.901. The Morgan fingerprint density at radius 3 is 2.86 bits per heavy atom. The Labute approximate surface area is 88.6 Å². The van der Waals surface area contributed by atoms with Gasteiger partial charge in [0.2, 0.25) is 5.78 Å². The average molecular weight is 255 g/mol. The predicted octanol–water partition coefficient (Wildman–Crippen LogP) is 2.01. The molecule has 72 valence electrons. The topological polar surface area (TPSA) is 48.0 Å². The molecule has 0 bridgehead atoms. The molecule has 0 saturated carbocycles. The highest BCUT2D eigenvalue weighted by molar-refractivity contribution is 9.10. The third-order valence-electron chi connectivity index (χ3n) is 1.81. The smallest absolute Gasteiger partial charge is 0.217 e. The summed E-state index contributed by atoms with van der Waals surface area (Å²) >= 11 is 3.15. The van der Waals surface area contributed by atoms with Gasteiger partial charge in [-0.3, -0.25) is 9.48 Å². The van der Waals surface area contributed by atoms with Gasteiger partial charge in [-0.1, -0.05) is 0 Å². The van der Waals surface area contributed by atoms with Crippen LogP contribution in [0.15, 0.2) is 33.7 Å². The Hall–Kier alpha value is -1.36. The first kappa shape index (κ1) is 9.21. The normalized spacial score (nSPS) is 10.4. The minimum Gasteiger partial charge on any atom is -0.457 e. The van der Waals surface area contributed by atoms with Gasteiger partial charge < -0.3 is 4.42 Å². The van der Waals surface area contributed by atoms with E-state index in [0.717, 1.165) is 0 Å². The lowest BCUT2D eigenvalue weighted by Crippen LogP contribution is -2.02. The van der Waals surface area contributed by atoms with E-state index in [1.165, 1.54) is 6.26 Å². The Bertz CT molecular complexity index is 473. The maximum Gasteiger partial charge on any atom is 0.217 e. The van der Waals surface area contributed by atoms with Crippen molar-refractivity contribution >= 4 is 21.7 Å². The second kappa shape index (κ2) is 3.42. The first-order valence-corrected chi connectivity index (χ1v) is 4.75. The van der Waals surface area contributed by atoms with Crippen molar-refractivity contribution in [3.05, 3.63) is 40.5 Å². The van der Waals surface area contributed by atoms with Crippen LogP contribution >= 0.6 is 15.9 Å². The number of halogens is 1. The van der Waals surface area contributed by atoms with Crippen LogP contribution in [-0.4, -0.2) is 15.6 Å². The van der Waals surface area contributed by atoms with E-state index in [1.807, 2.05) is 0 Å². The summed E-state index contributed by atoms with van der Waals surface area (Å²) in [6, 6.07) is 3.28. The summed E-state index contributed by atoms with van der Waals surface area (Å²) in [7, 11) is 1.77. The van der Waals surface area contributed by atoms with Gasteiger partial charge in [0.15, 0.2) is 4.67 Å². The van der Waals surface area contributed by atoms with Gasteiger partial charge in [-0.2, -0.15) is 5.10 Å². The molecule has 0 aliphatic carbocycles. The summed E-state index contributed by atoms with van der Waals surface area (Å²) in [5.74, 6) is -0.147. The molecule has 14 heavy (non-hydrogen) atoms. The van der Waals surface area contributed by atoms with Gasteiger partial charge >= 0.3 is 0 Å². The lowest BCUT2D eigenvalue weighted by atomic mass is 10.2. The lowest BCUT2D eigenvalue weighted by Gasteiger charge is -1.92. The van der Waals surface area contributed by atoms with Crippen LogP contribution < -0.4 is 0 Å². The molecule has 2 aromatic rings. The molecule has 0 unspecified atom stereocenters. The zero-order valence-electron chi connectivity index (χ0n) is 7.40. The van der Waals surface area contributed by atoms with Crippen LogP contribution in [0, 0.1) is 0 Å². The molecule has 0 fully saturated rings. The molecule has 0 amide bonds. The van der Waals surface area contributed by atoms with Crippen molar-refractivity contribution in [3.8, 4) is 0 Å². The molecule has 2 rings (SSSR count). The van der Waals surface area contributed by atoms with E-state index in [2.05, 4.69) is 21.0 Å². The highest BCUT2D eigenvalue weighted by Gasteiger charge is 2.16. The number of nitrogens with zero attached hydrogens (tertiary/aromatic N) is 2. The van der Waals surface area contributed by atoms with E-state index < -0.39 is 0 Å². The Kier molecular flexibility index (Phi) is 2.25. The van der Waals surface area contributed by atoms with Gasteiger partial charge in [-0.25, -0.2) is 0 Å². The fraction of sp³-hybridized carbons (Fsp3) is 0.111. The molecule has 0 aliphatic rings. The number of carbonyl (C=O) groups is 1.